The molecule has 18 heavy (non-hydrogen) atoms. The number of anilines is 1. The lowest BCUT2D eigenvalue weighted by Gasteiger charge is -2.29. The molecule has 2 rings (SSSR count). The van der Waals surface area contributed by atoms with Gasteiger partial charge in [0.25, 0.3) is 0 Å². The number of hydrogen-bond acceptors (Lipinski definition) is 3. The molecule has 1 saturated heterocycles. The molecule has 1 fully saturated rings. The number of ether oxygens (including phenoxy) is 1. The zero-order chi connectivity index (χ0) is 13.3. The highest BCUT2D eigenvalue weighted by molar-refractivity contribution is 9.10. The Morgan fingerprint density at radius 1 is 1.28 bits per heavy atom. The second kappa shape index (κ2) is 5.10. The lowest BCUT2D eigenvalue weighted by Crippen LogP contribution is -2.43. The lowest BCUT2D eigenvalue weighted by molar-refractivity contribution is -0.130. The topological polar surface area (TPSA) is 46.6 Å². The van der Waals surface area contributed by atoms with Gasteiger partial charge >= 0.3 is 0 Å². The van der Waals surface area contributed by atoms with E-state index in [2.05, 4.69) is 15.9 Å². The summed E-state index contributed by atoms with van der Waals surface area (Å²) in [5, 5.41) is 0. The van der Waals surface area contributed by atoms with Gasteiger partial charge in [-0.1, -0.05) is 22.9 Å². The Hall–Kier alpha value is -1.36. The van der Waals surface area contributed by atoms with Crippen LogP contribution in [0.1, 0.15) is 19.8 Å². The van der Waals surface area contributed by atoms with Crippen molar-refractivity contribution in [2.75, 3.05) is 12.0 Å². The molecular weight excluding hydrogens is 298 g/mol. The standard InChI is InChI=1S/C13H14BrNO3/c1-8-5-12(16)15(13(17)6-8)10-7-9(14)3-4-11(10)18-2/h3-4,7-8H,5-6H2,1-2H3. The molecule has 0 bridgehead atoms. The molecule has 4 nitrogen and oxygen atoms in total. The number of piperidine rings is 1. The van der Waals surface area contributed by atoms with Gasteiger partial charge < -0.3 is 4.74 Å². The summed E-state index contributed by atoms with van der Waals surface area (Å²) >= 11 is 3.34. The van der Waals surface area contributed by atoms with Crippen molar-refractivity contribution in [3.63, 3.8) is 0 Å². The molecule has 2 amide bonds. The van der Waals surface area contributed by atoms with Gasteiger partial charge in [-0.2, -0.15) is 0 Å². The van der Waals surface area contributed by atoms with E-state index in [1.54, 1.807) is 12.1 Å². The second-order valence-electron chi connectivity index (χ2n) is 4.45. The Labute approximate surface area is 114 Å². The number of imide groups is 1. The van der Waals surface area contributed by atoms with Crippen molar-refractivity contribution in [3.05, 3.63) is 22.7 Å². The first-order valence-electron chi connectivity index (χ1n) is 5.72. The van der Waals surface area contributed by atoms with Crippen LogP contribution in [-0.2, 0) is 9.59 Å². The van der Waals surface area contributed by atoms with Gasteiger partial charge in [0, 0.05) is 17.3 Å². The minimum Gasteiger partial charge on any atom is -0.495 e. The Kier molecular flexibility index (Phi) is 3.71. The minimum absolute atomic E-state index is 0.111. The molecule has 1 aromatic rings. The fourth-order valence-corrected chi connectivity index (χ4v) is 2.45. The quantitative estimate of drug-likeness (QED) is 0.789. The Morgan fingerprint density at radius 2 is 1.89 bits per heavy atom. The van der Waals surface area contributed by atoms with Crippen LogP contribution in [0.4, 0.5) is 5.69 Å². The normalized spacial score (nSPS) is 17.2. The van der Waals surface area contributed by atoms with E-state index >= 15 is 0 Å². The summed E-state index contributed by atoms with van der Waals surface area (Å²) in [4.78, 5) is 25.3. The maximum absolute atomic E-state index is 12.0. The van der Waals surface area contributed by atoms with Crippen LogP contribution in [0.5, 0.6) is 5.75 Å². The van der Waals surface area contributed by atoms with E-state index in [0.29, 0.717) is 24.3 Å². The Morgan fingerprint density at radius 3 is 2.44 bits per heavy atom. The molecule has 0 atom stereocenters. The molecule has 0 unspecified atom stereocenters. The lowest BCUT2D eigenvalue weighted by atomic mass is 9.97. The van der Waals surface area contributed by atoms with Gasteiger partial charge in [-0.15, -0.1) is 0 Å². The van der Waals surface area contributed by atoms with E-state index in [9.17, 15) is 9.59 Å². The largest absolute Gasteiger partial charge is 0.495 e. The number of nitrogens with zero attached hydrogens (tertiary/aromatic N) is 1. The molecule has 0 aromatic heterocycles. The zero-order valence-corrected chi connectivity index (χ0v) is 11.9. The number of halogens is 1. The van der Waals surface area contributed by atoms with Crippen molar-refractivity contribution >= 4 is 33.4 Å². The van der Waals surface area contributed by atoms with Crippen LogP contribution >= 0.6 is 15.9 Å². The first kappa shape index (κ1) is 13.1. The molecule has 0 aliphatic carbocycles. The number of methoxy groups -OCH3 is 1. The average Bonchev–Trinajstić information content (AvgIpc) is 2.28. The van der Waals surface area contributed by atoms with E-state index in [4.69, 9.17) is 4.74 Å². The second-order valence-corrected chi connectivity index (χ2v) is 5.37. The van der Waals surface area contributed by atoms with Crippen molar-refractivity contribution in [3.8, 4) is 5.75 Å². The number of carbonyl (C=O) groups excluding carboxylic acids is 2. The maximum Gasteiger partial charge on any atom is 0.234 e. The highest BCUT2D eigenvalue weighted by Crippen LogP contribution is 2.34. The number of carbonyl (C=O) groups is 2. The van der Waals surface area contributed by atoms with Crippen molar-refractivity contribution < 1.29 is 14.3 Å². The summed E-state index contributed by atoms with van der Waals surface area (Å²) in [6, 6.07) is 5.27. The fraction of sp³-hybridized carbons (Fsp3) is 0.385. The van der Waals surface area contributed by atoms with Crippen LogP contribution < -0.4 is 9.64 Å². The van der Waals surface area contributed by atoms with Crippen LogP contribution in [0.25, 0.3) is 0 Å². The number of benzene rings is 1. The maximum atomic E-state index is 12.0. The van der Waals surface area contributed by atoms with E-state index < -0.39 is 0 Å². The van der Waals surface area contributed by atoms with Gasteiger partial charge in [-0.25, -0.2) is 4.90 Å². The first-order valence-corrected chi connectivity index (χ1v) is 6.51. The highest BCUT2D eigenvalue weighted by Gasteiger charge is 2.33. The minimum atomic E-state index is -0.171. The fourth-order valence-electron chi connectivity index (χ4n) is 2.10. The van der Waals surface area contributed by atoms with Gasteiger partial charge in [0.15, 0.2) is 0 Å². The summed E-state index contributed by atoms with van der Waals surface area (Å²) in [6.45, 7) is 1.91. The summed E-state index contributed by atoms with van der Waals surface area (Å²) in [5.41, 5.74) is 0.508. The predicted molar refractivity (Wildman–Crippen MR) is 71.6 cm³/mol. The highest BCUT2D eigenvalue weighted by atomic mass is 79.9. The molecule has 96 valence electrons. The Balaban J connectivity index is 2.44. The molecule has 0 radical (unpaired) electrons. The smallest absolute Gasteiger partial charge is 0.234 e. The van der Waals surface area contributed by atoms with Crippen LogP contribution in [0.2, 0.25) is 0 Å². The predicted octanol–water partition coefficient (Wildman–Crippen LogP) is 2.75. The third kappa shape index (κ3) is 2.41. The third-order valence-corrected chi connectivity index (χ3v) is 3.42. The van der Waals surface area contributed by atoms with Crippen molar-refractivity contribution in [2.24, 2.45) is 5.92 Å². The van der Waals surface area contributed by atoms with E-state index in [1.807, 2.05) is 13.0 Å². The van der Waals surface area contributed by atoms with Gasteiger partial charge in [-0.3, -0.25) is 9.59 Å². The molecule has 0 N–H and O–H groups in total. The van der Waals surface area contributed by atoms with Gasteiger partial charge in [0.05, 0.1) is 12.8 Å². The van der Waals surface area contributed by atoms with Crippen molar-refractivity contribution in [2.45, 2.75) is 19.8 Å². The zero-order valence-electron chi connectivity index (χ0n) is 10.3. The molecule has 1 aliphatic rings. The summed E-state index contributed by atoms with van der Waals surface area (Å²) in [5.74, 6) is 0.291. The van der Waals surface area contributed by atoms with Gasteiger partial charge in [-0.05, 0) is 24.1 Å². The molecule has 0 spiro atoms. The monoisotopic (exact) mass is 311 g/mol. The molecule has 1 heterocycles. The number of hydrogen-bond donors (Lipinski definition) is 0. The molecule has 0 saturated carbocycles. The van der Waals surface area contributed by atoms with Gasteiger partial charge in [0.1, 0.15) is 5.75 Å². The molecule has 5 heteroatoms. The van der Waals surface area contributed by atoms with E-state index in [0.717, 1.165) is 4.47 Å². The van der Waals surface area contributed by atoms with Crippen molar-refractivity contribution in [1.29, 1.82) is 0 Å². The third-order valence-electron chi connectivity index (χ3n) is 2.93. The summed E-state index contributed by atoms with van der Waals surface area (Å²) < 4.78 is 6.01. The SMILES string of the molecule is COc1ccc(Br)cc1N1C(=O)CC(C)CC1=O. The van der Waals surface area contributed by atoms with Gasteiger partial charge in [0.2, 0.25) is 11.8 Å². The van der Waals surface area contributed by atoms with Crippen LogP contribution in [-0.4, -0.2) is 18.9 Å². The number of rotatable bonds is 2. The summed E-state index contributed by atoms with van der Waals surface area (Å²) in [7, 11) is 1.52. The molecule has 1 aromatic carbocycles. The van der Waals surface area contributed by atoms with E-state index in [-0.39, 0.29) is 17.7 Å². The summed E-state index contributed by atoms with van der Waals surface area (Å²) in [6.07, 6.45) is 0.781. The Bertz CT molecular complexity index is 483. The van der Waals surface area contributed by atoms with E-state index in [1.165, 1.54) is 12.0 Å². The van der Waals surface area contributed by atoms with Crippen LogP contribution in [0, 0.1) is 5.92 Å². The van der Waals surface area contributed by atoms with Crippen molar-refractivity contribution in [1.82, 2.24) is 0 Å². The van der Waals surface area contributed by atoms with Crippen LogP contribution in [0.15, 0.2) is 22.7 Å². The molecular formula is C13H14BrNO3. The van der Waals surface area contributed by atoms with Crippen LogP contribution in [0.3, 0.4) is 0 Å². The number of amides is 2. The molecule has 1 aliphatic heterocycles. The average molecular weight is 312 g/mol. The first-order chi connectivity index (χ1) is 8.52.